The highest BCUT2D eigenvalue weighted by molar-refractivity contribution is 5.96. The molecule has 348 valence electrons. The summed E-state index contributed by atoms with van der Waals surface area (Å²) in [5, 5.41) is 47.8. The van der Waals surface area contributed by atoms with E-state index in [0.29, 0.717) is 5.56 Å². The number of fused-ring (bicyclic) bond motifs is 5. The fraction of sp³-hybridized carbons (Fsp3) is 0.469. The Kier molecular flexibility index (Phi) is 14.2. The van der Waals surface area contributed by atoms with Crippen LogP contribution in [0.4, 0.5) is 0 Å². The number of aliphatic hydroxyl groups is 4. The third kappa shape index (κ3) is 8.73. The number of ketones is 1. The Morgan fingerprint density at radius 1 is 0.846 bits per heavy atom. The van der Waals surface area contributed by atoms with E-state index in [0.717, 1.165) is 13.8 Å². The number of carbonyl (C=O) groups is 6. The predicted molar refractivity (Wildman–Crippen MR) is 230 cm³/mol. The molecule has 5 N–H and O–H groups in total. The first-order chi connectivity index (χ1) is 30.7. The Labute approximate surface area is 376 Å². The Morgan fingerprint density at radius 2 is 1.40 bits per heavy atom. The van der Waals surface area contributed by atoms with Gasteiger partial charge in [0.25, 0.3) is 5.91 Å². The lowest BCUT2D eigenvalue weighted by molar-refractivity contribution is -0.346. The van der Waals surface area contributed by atoms with Gasteiger partial charge >= 0.3 is 23.9 Å². The Balaban J connectivity index is 0.00000227. The van der Waals surface area contributed by atoms with Gasteiger partial charge < -0.3 is 49.4 Å². The smallest absolute Gasteiger partial charge is 0.338 e. The van der Waals surface area contributed by atoms with Crippen molar-refractivity contribution in [3.05, 3.63) is 119 Å². The molecule has 1 aliphatic heterocycles. The van der Waals surface area contributed by atoms with E-state index in [1.807, 2.05) is 0 Å². The number of rotatable bonds is 10. The first-order valence-corrected chi connectivity index (χ1v) is 21.5. The Hall–Kier alpha value is -5.78. The summed E-state index contributed by atoms with van der Waals surface area (Å²) in [5.41, 5.74) is -7.02. The molecule has 1 amide bonds. The molecule has 7 rings (SSSR count). The summed E-state index contributed by atoms with van der Waals surface area (Å²) < 4.78 is 30.3. The zero-order chi connectivity index (χ0) is 47.6. The van der Waals surface area contributed by atoms with Crippen molar-refractivity contribution in [1.82, 2.24) is 5.32 Å². The van der Waals surface area contributed by atoms with Crippen LogP contribution in [-0.2, 0) is 42.9 Å². The van der Waals surface area contributed by atoms with Crippen LogP contribution in [0, 0.1) is 16.7 Å². The highest BCUT2D eigenvalue weighted by atomic mass is 16.6. The summed E-state index contributed by atoms with van der Waals surface area (Å²) >= 11 is 0. The predicted octanol–water partition coefficient (Wildman–Crippen LogP) is 3.73. The molecule has 0 unspecified atom stereocenters. The van der Waals surface area contributed by atoms with Crippen molar-refractivity contribution in [3.63, 3.8) is 0 Å². The molecule has 3 aliphatic carbocycles. The van der Waals surface area contributed by atoms with Gasteiger partial charge in [0.2, 0.25) is 0 Å². The number of esters is 4. The minimum absolute atomic E-state index is 0.00289. The number of nitrogens with one attached hydrogen (secondary N) is 1. The van der Waals surface area contributed by atoms with Gasteiger partial charge in [0.1, 0.15) is 23.9 Å². The molecule has 3 aromatic rings. The summed E-state index contributed by atoms with van der Waals surface area (Å²) in [5.74, 6) is -6.84. The van der Waals surface area contributed by atoms with E-state index in [2.05, 4.69) is 5.32 Å². The van der Waals surface area contributed by atoms with Crippen LogP contribution in [0.25, 0.3) is 0 Å². The van der Waals surface area contributed by atoms with Gasteiger partial charge in [-0.05, 0) is 61.7 Å². The van der Waals surface area contributed by atoms with Crippen molar-refractivity contribution in [1.29, 1.82) is 0 Å². The lowest BCUT2D eigenvalue weighted by Crippen LogP contribution is -2.82. The third-order valence-corrected chi connectivity index (χ3v) is 13.5. The molecule has 4 aliphatic rings. The number of carbonyl (C=O) groups excluding carboxylic acids is 6. The van der Waals surface area contributed by atoms with Crippen LogP contribution in [-0.4, -0.2) is 117 Å². The maximum absolute atomic E-state index is 15.5. The summed E-state index contributed by atoms with van der Waals surface area (Å²) in [6.07, 6.45) is -10.5. The number of benzene rings is 3. The molecule has 0 radical (unpaired) electrons. The summed E-state index contributed by atoms with van der Waals surface area (Å²) in [6.45, 7) is 9.90. The first kappa shape index (κ1) is 48.7. The molecule has 1 saturated heterocycles. The zero-order valence-electron chi connectivity index (χ0n) is 37.4. The minimum atomic E-state index is -2.39. The number of aliphatic hydroxyl groups excluding tert-OH is 3. The normalized spacial score (nSPS) is 30.7. The number of ether oxygens (including phenoxy) is 5. The van der Waals surface area contributed by atoms with E-state index in [-0.39, 0.29) is 41.9 Å². The molecule has 65 heavy (non-hydrogen) atoms. The molecule has 3 aromatic carbocycles. The largest absolute Gasteiger partial charge is 0.456 e. The van der Waals surface area contributed by atoms with Crippen LogP contribution in [0.15, 0.2) is 102 Å². The Bertz CT molecular complexity index is 2300. The molecule has 2 saturated carbocycles. The van der Waals surface area contributed by atoms with Crippen molar-refractivity contribution in [2.75, 3.05) is 13.2 Å². The fourth-order valence-corrected chi connectivity index (χ4v) is 10.2. The average molecular weight is 900 g/mol. The van der Waals surface area contributed by atoms with Crippen LogP contribution in [0.3, 0.4) is 0 Å². The quantitative estimate of drug-likeness (QED) is 0.111. The second-order valence-corrected chi connectivity index (χ2v) is 17.7. The van der Waals surface area contributed by atoms with Crippen LogP contribution >= 0.6 is 0 Å². The van der Waals surface area contributed by atoms with E-state index < -0.39 is 113 Å². The maximum Gasteiger partial charge on any atom is 0.338 e. The minimum Gasteiger partial charge on any atom is -0.456 e. The first-order valence-electron chi connectivity index (χ1n) is 21.5. The van der Waals surface area contributed by atoms with Crippen LogP contribution in [0.1, 0.15) is 93.6 Å². The molecule has 3 fully saturated rings. The topological polar surface area (TPSA) is 242 Å². The van der Waals surface area contributed by atoms with Crippen molar-refractivity contribution in [2.24, 2.45) is 16.7 Å². The van der Waals surface area contributed by atoms with Crippen molar-refractivity contribution in [3.8, 4) is 0 Å². The molecule has 16 heteroatoms. The molecule has 16 nitrogen and oxygen atoms in total. The van der Waals surface area contributed by atoms with Gasteiger partial charge in [-0.25, -0.2) is 9.59 Å². The monoisotopic (exact) mass is 899 g/mol. The number of amides is 1. The number of Topliss-reactive ketones (excluding diaryl/α,β-unsaturated/α-hetero) is 1. The van der Waals surface area contributed by atoms with Crippen molar-refractivity contribution >= 4 is 35.6 Å². The van der Waals surface area contributed by atoms with E-state index >= 15 is 4.79 Å². The van der Waals surface area contributed by atoms with E-state index in [4.69, 9.17) is 28.8 Å². The average Bonchev–Trinajstić information content (AvgIpc) is 3.27. The molecular formula is C49H57NO15. The highest BCUT2D eigenvalue weighted by Crippen LogP contribution is 2.64. The van der Waals surface area contributed by atoms with Gasteiger partial charge in [-0.2, -0.15) is 0 Å². The second-order valence-electron chi connectivity index (χ2n) is 17.7. The summed E-state index contributed by atoms with van der Waals surface area (Å²) in [6, 6.07) is 22.9. The summed E-state index contributed by atoms with van der Waals surface area (Å²) in [7, 11) is 0. The molecular weight excluding hydrogens is 843 g/mol. The second kappa shape index (κ2) is 19.0. The van der Waals surface area contributed by atoms with Gasteiger partial charge in [-0.3, -0.25) is 19.2 Å². The fourth-order valence-electron chi connectivity index (χ4n) is 10.2. The van der Waals surface area contributed by atoms with E-state index in [9.17, 15) is 39.3 Å². The van der Waals surface area contributed by atoms with E-state index in [1.165, 1.54) is 26.0 Å². The third-order valence-electron chi connectivity index (χ3n) is 13.5. The molecule has 11 atom stereocenters. The number of hydrogen-bond donors (Lipinski definition) is 5. The van der Waals surface area contributed by atoms with Gasteiger partial charge in [0.05, 0.1) is 35.6 Å². The molecule has 0 spiro atoms. The zero-order valence-corrected chi connectivity index (χ0v) is 37.4. The van der Waals surface area contributed by atoms with Gasteiger partial charge in [0, 0.05) is 44.3 Å². The molecule has 0 aromatic heterocycles. The lowest BCUT2D eigenvalue weighted by Gasteiger charge is -2.67. The molecule has 1 heterocycles. The van der Waals surface area contributed by atoms with Crippen molar-refractivity contribution < 1.29 is 72.9 Å². The van der Waals surface area contributed by atoms with Crippen LogP contribution < -0.4 is 5.32 Å². The SMILES string of the molecule is CC(=O)O[C@H]1C(=O)[C@@]2(C)[C@H]([C@H](OC(=O)c3ccccc3)[C@]3(O)C[C@H](OC(=O)[C@H](O)[C@@H](NC(=O)c4ccccc4)c4ccccc4)C(C)=C1C3(C)C)[C@]1(OC(C)=O)CO[C@@H]1C[C@@H]2O.CCO. The maximum atomic E-state index is 15.5. The van der Waals surface area contributed by atoms with Gasteiger partial charge in [-0.15, -0.1) is 0 Å². The Morgan fingerprint density at radius 3 is 1.92 bits per heavy atom. The van der Waals surface area contributed by atoms with E-state index in [1.54, 1.807) is 99.6 Å². The van der Waals surface area contributed by atoms with Crippen molar-refractivity contribution in [2.45, 2.75) is 115 Å². The van der Waals surface area contributed by atoms with Crippen LogP contribution in [0.5, 0.6) is 0 Å². The molecule has 2 bridgehead atoms. The van der Waals surface area contributed by atoms with Gasteiger partial charge in [-0.1, -0.05) is 80.6 Å². The number of hydrogen-bond acceptors (Lipinski definition) is 15. The standard InChI is InChI=1S/C47H51NO14.C2H6O/c1-25-31(60-43(56)36(52)35(28-16-10-7-11-17-28)48-41(54)29-18-12-8-13-19-29)23-47(57)40(61-42(55)30-20-14-9-15-21-30)38-45(6,32(51)22-33-46(38,24-58-33)62-27(3)50)39(53)37(59-26(2)49)34(25)44(47,4)5;1-2-3/h7-21,31-33,35-38,40,51-52,57H,22-24H2,1-6H3,(H,48,54);3H,2H2,1H3/t31-,32-,33+,35-,36+,37+,38-,40-,45+,46-,47+;/m0./s1. The highest BCUT2D eigenvalue weighted by Gasteiger charge is 2.78. The summed E-state index contributed by atoms with van der Waals surface area (Å²) in [4.78, 5) is 83.5. The van der Waals surface area contributed by atoms with Gasteiger partial charge in [0.15, 0.2) is 23.6 Å². The van der Waals surface area contributed by atoms with Crippen LogP contribution in [0.2, 0.25) is 0 Å². The lowest BCUT2D eigenvalue weighted by atomic mass is 9.44.